The van der Waals surface area contributed by atoms with Gasteiger partial charge in [0.1, 0.15) is 5.82 Å². The van der Waals surface area contributed by atoms with Crippen LogP contribution in [0.3, 0.4) is 0 Å². The third-order valence-electron chi connectivity index (χ3n) is 3.64. The Morgan fingerprint density at radius 1 is 1.19 bits per heavy atom. The second-order valence-electron chi connectivity index (χ2n) is 5.04. The monoisotopic (exact) mass is 220 g/mol. The van der Waals surface area contributed by atoms with Gasteiger partial charge in [0.15, 0.2) is 0 Å². The SMILES string of the molecule is NC1CCCN(c2ccnn2C2CC2)CC1. The molecule has 0 spiro atoms. The molecule has 0 radical (unpaired) electrons. The maximum atomic E-state index is 6.01. The van der Waals surface area contributed by atoms with Crippen molar-refractivity contribution in [2.45, 2.75) is 44.2 Å². The van der Waals surface area contributed by atoms with Gasteiger partial charge in [-0.1, -0.05) is 0 Å². The fraction of sp³-hybridized carbons (Fsp3) is 0.750. The molecular weight excluding hydrogens is 200 g/mol. The van der Waals surface area contributed by atoms with Gasteiger partial charge in [-0.15, -0.1) is 0 Å². The first-order chi connectivity index (χ1) is 7.84. The first-order valence-electron chi connectivity index (χ1n) is 6.38. The van der Waals surface area contributed by atoms with Crippen molar-refractivity contribution in [1.29, 1.82) is 0 Å². The molecule has 1 aromatic heterocycles. The summed E-state index contributed by atoms with van der Waals surface area (Å²) in [6.07, 6.45) is 7.99. The highest BCUT2D eigenvalue weighted by Gasteiger charge is 2.28. The highest BCUT2D eigenvalue weighted by atomic mass is 15.4. The Kier molecular flexibility index (Phi) is 2.59. The average Bonchev–Trinajstić information content (AvgIpc) is 3.05. The van der Waals surface area contributed by atoms with E-state index >= 15 is 0 Å². The molecule has 1 atom stereocenters. The van der Waals surface area contributed by atoms with Crippen LogP contribution in [0.1, 0.15) is 38.1 Å². The van der Waals surface area contributed by atoms with Crippen molar-refractivity contribution in [1.82, 2.24) is 9.78 Å². The topological polar surface area (TPSA) is 47.1 Å². The molecule has 2 heterocycles. The van der Waals surface area contributed by atoms with E-state index in [9.17, 15) is 0 Å². The van der Waals surface area contributed by atoms with Gasteiger partial charge >= 0.3 is 0 Å². The van der Waals surface area contributed by atoms with Crippen LogP contribution < -0.4 is 10.6 Å². The summed E-state index contributed by atoms with van der Waals surface area (Å²) in [5, 5.41) is 4.45. The zero-order chi connectivity index (χ0) is 11.0. The van der Waals surface area contributed by atoms with Crippen molar-refractivity contribution in [3.05, 3.63) is 12.3 Å². The molecule has 1 saturated carbocycles. The van der Waals surface area contributed by atoms with E-state index < -0.39 is 0 Å². The molecule has 1 aromatic rings. The Morgan fingerprint density at radius 2 is 2.06 bits per heavy atom. The summed E-state index contributed by atoms with van der Waals surface area (Å²) in [6.45, 7) is 2.21. The summed E-state index contributed by atoms with van der Waals surface area (Å²) < 4.78 is 2.21. The Hall–Kier alpha value is -1.03. The lowest BCUT2D eigenvalue weighted by molar-refractivity contribution is 0.598. The molecule has 2 N–H and O–H groups in total. The molecular formula is C12H20N4. The van der Waals surface area contributed by atoms with Crippen molar-refractivity contribution in [2.24, 2.45) is 5.73 Å². The number of hydrogen-bond acceptors (Lipinski definition) is 3. The van der Waals surface area contributed by atoms with Crippen LogP contribution in [0.15, 0.2) is 12.3 Å². The Labute approximate surface area is 96.4 Å². The van der Waals surface area contributed by atoms with E-state index in [1.807, 2.05) is 6.20 Å². The van der Waals surface area contributed by atoms with Crippen molar-refractivity contribution in [3.63, 3.8) is 0 Å². The van der Waals surface area contributed by atoms with Gasteiger partial charge in [0.2, 0.25) is 0 Å². The maximum Gasteiger partial charge on any atom is 0.127 e. The molecule has 1 aliphatic heterocycles. The zero-order valence-electron chi connectivity index (χ0n) is 9.68. The summed E-state index contributed by atoms with van der Waals surface area (Å²) in [7, 11) is 0. The van der Waals surface area contributed by atoms with Crippen LogP contribution in [0.4, 0.5) is 5.82 Å². The maximum absolute atomic E-state index is 6.01. The lowest BCUT2D eigenvalue weighted by Crippen LogP contribution is -2.28. The number of nitrogens with zero attached hydrogens (tertiary/aromatic N) is 3. The first kappa shape index (κ1) is 10.1. The molecule has 3 rings (SSSR count). The van der Waals surface area contributed by atoms with Crippen LogP contribution in [0.25, 0.3) is 0 Å². The van der Waals surface area contributed by atoms with E-state index in [4.69, 9.17) is 5.73 Å². The highest BCUT2D eigenvalue weighted by molar-refractivity contribution is 5.39. The summed E-state index contributed by atoms with van der Waals surface area (Å²) in [5.41, 5.74) is 6.01. The van der Waals surface area contributed by atoms with Gasteiger partial charge in [0.05, 0.1) is 12.2 Å². The van der Waals surface area contributed by atoms with Crippen LogP contribution in [-0.4, -0.2) is 28.9 Å². The average molecular weight is 220 g/mol. The van der Waals surface area contributed by atoms with Crippen molar-refractivity contribution in [2.75, 3.05) is 18.0 Å². The highest BCUT2D eigenvalue weighted by Crippen LogP contribution is 2.37. The largest absolute Gasteiger partial charge is 0.357 e. The van der Waals surface area contributed by atoms with Crippen LogP contribution in [-0.2, 0) is 0 Å². The zero-order valence-corrected chi connectivity index (χ0v) is 9.68. The van der Waals surface area contributed by atoms with E-state index in [-0.39, 0.29) is 0 Å². The lowest BCUT2D eigenvalue weighted by atomic mass is 10.1. The third kappa shape index (κ3) is 1.94. The van der Waals surface area contributed by atoms with Gasteiger partial charge in [0, 0.05) is 25.2 Å². The Balaban J connectivity index is 1.77. The molecule has 2 aliphatic rings. The van der Waals surface area contributed by atoms with E-state index in [2.05, 4.69) is 20.7 Å². The van der Waals surface area contributed by atoms with E-state index in [0.29, 0.717) is 12.1 Å². The number of hydrogen-bond donors (Lipinski definition) is 1. The molecule has 88 valence electrons. The molecule has 1 aliphatic carbocycles. The van der Waals surface area contributed by atoms with Crippen molar-refractivity contribution in [3.8, 4) is 0 Å². The van der Waals surface area contributed by atoms with Gasteiger partial charge in [-0.25, -0.2) is 4.68 Å². The molecule has 1 saturated heterocycles. The Morgan fingerprint density at radius 3 is 2.88 bits per heavy atom. The molecule has 2 fully saturated rings. The molecule has 0 amide bonds. The summed E-state index contributed by atoms with van der Waals surface area (Å²) in [6, 6.07) is 3.21. The van der Waals surface area contributed by atoms with Gasteiger partial charge in [-0.3, -0.25) is 0 Å². The van der Waals surface area contributed by atoms with Gasteiger partial charge < -0.3 is 10.6 Å². The second-order valence-corrected chi connectivity index (χ2v) is 5.04. The fourth-order valence-corrected chi connectivity index (χ4v) is 2.51. The molecule has 0 aromatic carbocycles. The minimum absolute atomic E-state index is 0.391. The van der Waals surface area contributed by atoms with Crippen LogP contribution in [0.2, 0.25) is 0 Å². The molecule has 16 heavy (non-hydrogen) atoms. The minimum atomic E-state index is 0.391. The lowest BCUT2D eigenvalue weighted by Gasteiger charge is -2.23. The number of aromatic nitrogens is 2. The van der Waals surface area contributed by atoms with Gasteiger partial charge in [-0.05, 0) is 32.1 Å². The van der Waals surface area contributed by atoms with Crippen LogP contribution in [0.5, 0.6) is 0 Å². The van der Waals surface area contributed by atoms with Crippen molar-refractivity contribution >= 4 is 5.82 Å². The molecule has 4 nitrogen and oxygen atoms in total. The molecule has 0 bridgehead atoms. The van der Waals surface area contributed by atoms with Gasteiger partial charge in [-0.2, -0.15) is 5.10 Å². The van der Waals surface area contributed by atoms with Crippen LogP contribution in [0, 0.1) is 0 Å². The summed E-state index contributed by atoms with van der Waals surface area (Å²) >= 11 is 0. The van der Waals surface area contributed by atoms with E-state index in [1.165, 1.54) is 25.1 Å². The van der Waals surface area contributed by atoms with Crippen LogP contribution >= 0.6 is 0 Å². The number of nitrogens with two attached hydrogens (primary N) is 1. The summed E-state index contributed by atoms with van der Waals surface area (Å²) in [5.74, 6) is 1.30. The predicted molar refractivity (Wildman–Crippen MR) is 64.5 cm³/mol. The quantitative estimate of drug-likeness (QED) is 0.822. The normalized spacial score (nSPS) is 26.8. The number of rotatable bonds is 2. The minimum Gasteiger partial charge on any atom is -0.357 e. The van der Waals surface area contributed by atoms with E-state index in [0.717, 1.165) is 25.9 Å². The molecule has 4 heteroatoms. The predicted octanol–water partition coefficient (Wildman–Crippen LogP) is 1.54. The standard InChI is InChI=1S/C12H20N4/c13-10-2-1-8-15(9-6-10)12-5-7-14-16(12)11-3-4-11/h5,7,10-11H,1-4,6,8-9,13H2. The van der Waals surface area contributed by atoms with Gasteiger partial charge in [0.25, 0.3) is 0 Å². The fourth-order valence-electron chi connectivity index (χ4n) is 2.51. The first-order valence-corrected chi connectivity index (χ1v) is 6.38. The second kappa shape index (κ2) is 4.09. The summed E-state index contributed by atoms with van der Waals surface area (Å²) in [4.78, 5) is 2.46. The molecule has 1 unspecified atom stereocenters. The third-order valence-corrected chi connectivity index (χ3v) is 3.64. The Bertz CT molecular complexity index is 356. The van der Waals surface area contributed by atoms with Crippen molar-refractivity contribution < 1.29 is 0 Å². The van der Waals surface area contributed by atoms with E-state index in [1.54, 1.807) is 0 Å². The smallest absolute Gasteiger partial charge is 0.127 e. The number of anilines is 1.